The number of benzene rings is 1. The number of nitrogens with zero attached hydrogens (tertiary/aromatic N) is 4. The van der Waals surface area contributed by atoms with Crippen molar-refractivity contribution in [1.29, 1.82) is 0 Å². The molecule has 0 amide bonds. The summed E-state index contributed by atoms with van der Waals surface area (Å²) in [6, 6.07) is 2.47. The van der Waals surface area contributed by atoms with E-state index in [1.165, 1.54) is 17.0 Å². The third-order valence-corrected chi connectivity index (χ3v) is 3.19. The van der Waals surface area contributed by atoms with Crippen molar-refractivity contribution in [3.8, 4) is 0 Å². The summed E-state index contributed by atoms with van der Waals surface area (Å²) in [5.74, 6) is -0.885. The van der Waals surface area contributed by atoms with Crippen LogP contribution in [0, 0.1) is 11.6 Å². The Kier molecular flexibility index (Phi) is 3.35. The van der Waals surface area contributed by atoms with Gasteiger partial charge in [0, 0.05) is 13.0 Å². The van der Waals surface area contributed by atoms with Crippen LogP contribution in [0.4, 0.5) is 8.78 Å². The molecule has 0 aliphatic carbocycles. The Balaban J connectivity index is 2.05. The number of fused-ring (bicyclic) bond motifs is 1. The van der Waals surface area contributed by atoms with Crippen LogP contribution in [-0.2, 0) is 18.8 Å². The zero-order valence-electron chi connectivity index (χ0n) is 10.2. The van der Waals surface area contributed by atoms with E-state index in [-0.39, 0.29) is 11.4 Å². The molecule has 0 radical (unpaired) electrons. The maximum absolute atomic E-state index is 13.9. The average molecular weight is 299 g/mol. The standard InChI is InChI=1S/C12H9ClF2N4O/c13-5-9-18-8-2-1-7(14)11(15)12(8)19(9)4-3-10-16-6-17-20-10/h1-2,6H,3-5H2. The van der Waals surface area contributed by atoms with Crippen molar-refractivity contribution in [1.82, 2.24) is 19.7 Å². The highest BCUT2D eigenvalue weighted by Crippen LogP contribution is 2.23. The van der Waals surface area contributed by atoms with E-state index in [1.54, 1.807) is 0 Å². The summed E-state index contributed by atoms with van der Waals surface area (Å²) in [7, 11) is 0. The van der Waals surface area contributed by atoms with Gasteiger partial charge in [-0.2, -0.15) is 4.98 Å². The Bertz CT molecular complexity index is 742. The molecule has 0 saturated heterocycles. The first-order valence-corrected chi connectivity index (χ1v) is 6.38. The predicted molar refractivity (Wildman–Crippen MR) is 67.2 cm³/mol. The van der Waals surface area contributed by atoms with Gasteiger partial charge in [0.1, 0.15) is 11.3 Å². The van der Waals surface area contributed by atoms with Crippen molar-refractivity contribution < 1.29 is 13.3 Å². The molecular formula is C12H9ClF2N4O. The third kappa shape index (κ3) is 2.14. The third-order valence-electron chi connectivity index (χ3n) is 2.95. The summed E-state index contributed by atoms with van der Waals surface area (Å²) < 4.78 is 33.7. The highest BCUT2D eigenvalue weighted by molar-refractivity contribution is 6.16. The fraction of sp³-hybridized carbons (Fsp3) is 0.250. The van der Waals surface area contributed by atoms with Crippen molar-refractivity contribution in [2.75, 3.05) is 0 Å². The van der Waals surface area contributed by atoms with E-state index >= 15 is 0 Å². The first-order valence-electron chi connectivity index (χ1n) is 5.85. The van der Waals surface area contributed by atoms with Gasteiger partial charge in [-0.1, -0.05) is 5.16 Å². The number of alkyl halides is 1. The summed E-state index contributed by atoms with van der Waals surface area (Å²) in [5.41, 5.74) is 0.463. The van der Waals surface area contributed by atoms with Crippen molar-refractivity contribution >= 4 is 22.6 Å². The number of halogens is 3. The second-order valence-corrected chi connectivity index (χ2v) is 4.39. The van der Waals surface area contributed by atoms with Crippen LogP contribution in [0.25, 0.3) is 11.0 Å². The van der Waals surface area contributed by atoms with Crippen LogP contribution in [0.2, 0.25) is 0 Å². The number of hydrogen-bond acceptors (Lipinski definition) is 4. The molecule has 0 unspecified atom stereocenters. The topological polar surface area (TPSA) is 56.7 Å². The molecule has 0 spiro atoms. The fourth-order valence-corrected chi connectivity index (χ4v) is 2.27. The first-order chi connectivity index (χ1) is 9.70. The number of rotatable bonds is 4. The Morgan fingerprint density at radius 3 is 2.85 bits per heavy atom. The van der Waals surface area contributed by atoms with Crippen LogP contribution in [-0.4, -0.2) is 19.7 Å². The molecule has 5 nitrogen and oxygen atoms in total. The molecule has 0 aliphatic rings. The first kappa shape index (κ1) is 13.0. The van der Waals surface area contributed by atoms with E-state index in [9.17, 15) is 8.78 Å². The molecular weight excluding hydrogens is 290 g/mol. The summed E-state index contributed by atoms with van der Waals surface area (Å²) in [4.78, 5) is 8.07. The molecule has 0 aliphatic heterocycles. The highest BCUT2D eigenvalue weighted by Gasteiger charge is 2.17. The Morgan fingerprint density at radius 1 is 1.30 bits per heavy atom. The molecule has 0 saturated carbocycles. The predicted octanol–water partition coefficient (Wildman–Crippen LogP) is 2.68. The summed E-state index contributed by atoms with van der Waals surface area (Å²) in [5, 5.41) is 3.49. The Hall–Kier alpha value is -2.02. The summed E-state index contributed by atoms with van der Waals surface area (Å²) in [6.45, 7) is 0.321. The van der Waals surface area contributed by atoms with Crippen LogP contribution >= 0.6 is 11.6 Å². The van der Waals surface area contributed by atoms with Crippen molar-refractivity contribution in [3.05, 3.63) is 41.8 Å². The van der Waals surface area contributed by atoms with Gasteiger partial charge in [-0.15, -0.1) is 11.6 Å². The zero-order chi connectivity index (χ0) is 14.1. The monoisotopic (exact) mass is 298 g/mol. The van der Waals surface area contributed by atoms with Gasteiger partial charge in [0.15, 0.2) is 18.0 Å². The second-order valence-electron chi connectivity index (χ2n) is 4.13. The van der Waals surface area contributed by atoms with E-state index in [1.807, 2.05) is 0 Å². The van der Waals surface area contributed by atoms with Gasteiger partial charge in [0.2, 0.25) is 5.89 Å². The smallest absolute Gasteiger partial charge is 0.228 e. The van der Waals surface area contributed by atoms with Gasteiger partial charge >= 0.3 is 0 Å². The number of aryl methyl sites for hydroxylation is 2. The SMILES string of the molecule is Fc1ccc2nc(CCl)n(CCc3ncno3)c2c1F. The van der Waals surface area contributed by atoms with E-state index in [0.717, 1.165) is 6.07 Å². The molecule has 3 rings (SSSR count). The maximum atomic E-state index is 13.9. The molecule has 3 aromatic rings. The normalized spacial score (nSPS) is 11.3. The van der Waals surface area contributed by atoms with Crippen molar-refractivity contribution in [2.45, 2.75) is 18.8 Å². The van der Waals surface area contributed by atoms with E-state index in [0.29, 0.717) is 30.2 Å². The molecule has 1 aromatic carbocycles. The summed E-state index contributed by atoms with van der Waals surface area (Å²) >= 11 is 5.81. The Morgan fingerprint density at radius 2 is 2.15 bits per heavy atom. The molecule has 2 heterocycles. The molecule has 0 atom stereocenters. The van der Waals surface area contributed by atoms with Gasteiger partial charge in [0.25, 0.3) is 0 Å². The minimum atomic E-state index is -0.933. The molecule has 104 valence electrons. The van der Waals surface area contributed by atoms with Crippen molar-refractivity contribution in [2.24, 2.45) is 0 Å². The van der Waals surface area contributed by atoms with Crippen LogP contribution < -0.4 is 0 Å². The highest BCUT2D eigenvalue weighted by atomic mass is 35.5. The Labute approximate surface area is 117 Å². The average Bonchev–Trinajstić information content (AvgIpc) is 3.07. The second kappa shape index (κ2) is 5.16. The molecule has 0 bridgehead atoms. The lowest BCUT2D eigenvalue weighted by atomic mass is 10.3. The minimum absolute atomic E-state index is 0.0968. The molecule has 0 N–H and O–H groups in total. The fourth-order valence-electron chi connectivity index (χ4n) is 2.06. The van der Waals surface area contributed by atoms with E-state index < -0.39 is 11.6 Å². The van der Waals surface area contributed by atoms with Gasteiger partial charge in [-0.25, -0.2) is 13.8 Å². The lowest BCUT2D eigenvalue weighted by Gasteiger charge is -2.06. The zero-order valence-corrected chi connectivity index (χ0v) is 10.9. The van der Waals surface area contributed by atoms with Gasteiger partial charge < -0.3 is 9.09 Å². The van der Waals surface area contributed by atoms with Gasteiger partial charge in [-0.3, -0.25) is 0 Å². The number of hydrogen-bond donors (Lipinski definition) is 0. The van der Waals surface area contributed by atoms with Crippen LogP contribution in [0.1, 0.15) is 11.7 Å². The number of aromatic nitrogens is 4. The molecule has 0 fully saturated rings. The largest absolute Gasteiger partial charge is 0.340 e. The van der Waals surface area contributed by atoms with Gasteiger partial charge in [-0.05, 0) is 12.1 Å². The molecule has 2 aromatic heterocycles. The van der Waals surface area contributed by atoms with Crippen LogP contribution in [0.3, 0.4) is 0 Å². The van der Waals surface area contributed by atoms with Crippen molar-refractivity contribution in [3.63, 3.8) is 0 Å². The van der Waals surface area contributed by atoms with Crippen LogP contribution in [0.15, 0.2) is 23.0 Å². The molecule has 20 heavy (non-hydrogen) atoms. The van der Waals surface area contributed by atoms with Gasteiger partial charge in [0.05, 0.1) is 11.4 Å². The molecule has 8 heteroatoms. The lowest BCUT2D eigenvalue weighted by Crippen LogP contribution is -2.06. The quantitative estimate of drug-likeness (QED) is 0.695. The lowest BCUT2D eigenvalue weighted by molar-refractivity contribution is 0.370. The summed E-state index contributed by atoms with van der Waals surface area (Å²) in [6.07, 6.45) is 1.66. The minimum Gasteiger partial charge on any atom is -0.340 e. The van der Waals surface area contributed by atoms with E-state index in [2.05, 4.69) is 15.1 Å². The van der Waals surface area contributed by atoms with E-state index in [4.69, 9.17) is 16.1 Å². The van der Waals surface area contributed by atoms with Crippen LogP contribution in [0.5, 0.6) is 0 Å². The maximum Gasteiger partial charge on any atom is 0.228 e. The number of imidazole rings is 1.